The first kappa shape index (κ1) is 16.7. The fraction of sp³-hybridized carbons (Fsp3) is 0.235. The molecule has 0 saturated heterocycles. The minimum atomic E-state index is -2.89. The van der Waals surface area contributed by atoms with Gasteiger partial charge in [0.15, 0.2) is 0 Å². The molecule has 0 aliphatic carbocycles. The summed E-state index contributed by atoms with van der Waals surface area (Å²) in [5.41, 5.74) is 0.885. The second-order valence-electron chi connectivity index (χ2n) is 4.70. The molecule has 2 rings (SSSR count). The standard InChI is InChI=1S/C17H17F2NO3/c1-2-11-22-15-6-4-3-5-14(15)20-16(21)12-7-9-13(10-8-12)23-17(18)19/h3-10,17H,2,11H2,1H3,(H,20,21). The molecule has 2 aromatic rings. The SMILES string of the molecule is CCCOc1ccccc1NC(=O)c1ccc(OC(F)F)cc1. The Bertz CT molecular complexity index is 645. The van der Waals surface area contributed by atoms with E-state index in [1.165, 1.54) is 24.3 Å². The first-order valence-electron chi connectivity index (χ1n) is 7.18. The van der Waals surface area contributed by atoms with Crippen LogP contribution in [0.4, 0.5) is 14.5 Å². The summed E-state index contributed by atoms with van der Waals surface area (Å²) in [6.07, 6.45) is 0.855. The summed E-state index contributed by atoms with van der Waals surface area (Å²) in [6.45, 7) is -0.353. The number of carbonyl (C=O) groups is 1. The molecule has 1 N–H and O–H groups in total. The van der Waals surface area contributed by atoms with Crippen LogP contribution >= 0.6 is 0 Å². The molecular formula is C17H17F2NO3. The summed E-state index contributed by atoms with van der Waals surface area (Å²) in [5.74, 6) is 0.227. The number of halogens is 2. The van der Waals surface area contributed by atoms with Gasteiger partial charge in [-0.25, -0.2) is 0 Å². The zero-order valence-electron chi connectivity index (χ0n) is 12.6. The summed E-state index contributed by atoms with van der Waals surface area (Å²) in [5, 5.41) is 2.74. The number of benzene rings is 2. The van der Waals surface area contributed by atoms with Crippen molar-refractivity contribution in [2.45, 2.75) is 20.0 Å². The summed E-state index contributed by atoms with van der Waals surface area (Å²) in [7, 11) is 0. The van der Waals surface area contributed by atoms with E-state index in [0.717, 1.165) is 6.42 Å². The van der Waals surface area contributed by atoms with Crippen molar-refractivity contribution < 1.29 is 23.0 Å². The van der Waals surface area contributed by atoms with Gasteiger partial charge in [0.05, 0.1) is 12.3 Å². The van der Waals surface area contributed by atoms with E-state index in [2.05, 4.69) is 10.1 Å². The lowest BCUT2D eigenvalue weighted by Crippen LogP contribution is -2.13. The van der Waals surface area contributed by atoms with Crippen molar-refractivity contribution in [1.82, 2.24) is 0 Å². The van der Waals surface area contributed by atoms with Crippen molar-refractivity contribution in [3.63, 3.8) is 0 Å². The molecule has 0 saturated carbocycles. The molecule has 0 unspecified atom stereocenters. The van der Waals surface area contributed by atoms with Crippen LogP contribution in [0.25, 0.3) is 0 Å². The van der Waals surface area contributed by atoms with Crippen LogP contribution in [0.3, 0.4) is 0 Å². The van der Waals surface area contributed by atoms with E-state index in [-0.39, 0.29) is 11.7 Å². The number of rotatable bonds is 7. The van der Waals surface area contributed by atoms with Gasteiger partial charge >= 0.3 is 6.61 Å². The van der Waals surface area contributed by atoms with Gasteiger partial charge in [-0.15, -0.1) is 0 Å². The molecule has 0 atom stereocenters. The van der Waals surface area contributed by atoms with Gasteiger partial charge < -0.3 is 14.8 Å². The maximum absolute atomic E-state index is 12.2. The van der Waals surface area contributed by atoms with Crippen LogP contribution in [0.15, 0.2) is 48.5 Å². The lowest BCUT2D eigenvalue weighted by atomic mass is 10.2. The Hall–Kier alpha value is -2.63. The third kappa shape index (κ3) is 4.95. The number of para-hydroxylation sites is 2. The zero-order valence-corrected chi connectivity index (χ0v) is 12.6. The minimum Gasteiger partial charge on any atom is -0.491 e. The second kappa shape index (κ2) is 8.12. The molecule has 1 amide bonds. The van der Waals surface area contributed by atoms with E-state index in [1.54, 1.807) is 18.2 Å². The zero-order chi connectivity index (χ0) is 16.7. The molecule has 0 bridgehead atoms. The normalized spacial score (nSPS) is 10.4. The third-order valence-electron chi connectivity index (χ3n) is 2.94. The number of hydrogen-bond donors (Lipinski definition) is 1. The number of anilines is 1. The molecule has 0 aliphatic heterocycles. The van der Waals surface area contributed by atoms with Crippen LogP contribution in [0.5, 0.6) is 11.5 Å². The van der Waals surface area contributed by atoms with Gasteiger partial charge in [0.2, 0.25) is 0 Å². The van der Waals surface area contributed by atoms with Crippen molar-refractivity contribution in [2.24, 2.45) is 0 Å². The van der Waals surface area contributed by atoms with E-state index in [1.807, 2.05) is 13.0 Å². The van der Waals surface area contributed by atoms with Crippen molar-refractivity contribution in [3.05, 3.63) is 54.1 Å². The molecule has 122 valence electrons. The highest BCUT2D eigenvalue weighted by Gasteiger charge is 2.11. The van der Waals surface area contributed by atoms with Crippen LogP contribution in [-0.2, 0) is 0 Å². The molecule has 0 aromatic heterocycles. The number of carbonyl (C=O) groups excluding carboxylic acids is 1. The first-order valence-corrected chi connectivity index (χ1v) is 7.18. The average molecular weight is 321 g/mol. The third-order valence-corrected chi connectivity index (χ3v) is 2.94. The Labute approximate surface area is 133 Å². The Balaban J connectivity index is 2.07. The molecule has 4 nitrogen and oxygen atoms in total. The Morgan fingerprint density at radius 1 is 1.13 bits per heavy atom. The molecule has 0 fully saturated rings. The summed E-state index contributed by atoms with van der Waals surface area (Å²) < 4.78 is 34.0. The van der Waals surface area contributed by atoms with Gasteiger partial charge in [-0.05, 0) is 42.8 Å². The Morgan fingerprint density at radius 3 is 2.48 bits per heavy atom. The number of nitrogens with one attached hydrogen (secondary N) is 1. The monoisotopic (exact) mass is 321 g/mol. The number of ether oxygens (including phenoxy) is 2. The smallest absolute Gasteiger partial charge is 0.387 e. The highest BCUT2D eigenvalue weighted by atomic mass is 19.3. The molecule has 0 spiro atoms. The van der Waals surface area contributed by atoms with Gasteiger partial charge in [-0.2, -0.15) is 8.78 Å². The number of hydrogen-bond acceptors (Lipinski definition) is 3. The van der Waals surface area contributed by atoms with Crippen molar-refractivity contribution in [2.75, 3.05) is 11.9 Å². The molecule has 0 radical (unpaired) electrons. The fourth-order valence-corrected chi connectivity index (χ4v) is 1.89. The highest BCUT2D eigenvalue weighted by Crippen LogP contribution is 2.25. The second-order valence-corrected chi connectivity index (χ2v) is 4.70. The number of amides is 1. The van der Waals surface area contributed by atoms with Gasteiger partial charge in [0.25, 0.3) is 5.91 Å². The Kier molecular flexibility index (Phi) is 5.91. The van der Waals surface area contributed by atoms with Crippen LogP contribution < -0.4 is 14.8 Å². The van der Waals surface area contributed by atoms with Crippen molar-refractivity contribution >= 4 is 11.6 Å². The molecular weight excluding hydrogens is 304 g/mol. The topological polar surface area (TPSA) is 47.6 Å². The van der Waals surface area contributed by atoms with E-state index in [0.29, 0.717) is 23.6 Å². The first-order chi connectivity index (χ1) is 11.1. The largest absolute Gasteiger partial charge is 0.491 e. The van der Waals surface area contributed by atoms with Crippen LogP contribution in [0.1, 0.15) is 23.7 Å². The van der Waals surface area contributed by atoms with Gasteiger partial charge in [0.1, 0.15) is 11.5 Å². The maximum atomic E-state index is 12.2. The fourth-order valence-electron chi connectivity index (χ4n) is 1.89. The average Bonchev–Trinajstić information content (AvgIpc) is 2.54. The van der Waals surface area contributed by atoms with Gasteiger partial charge in [0, 0.05) is 5.56 Å². The summed E-state index contributed by atoms with van der Waals surface area (Å²) in [6, 6.07) is 12.6. The van der Waals surface area contributed by atoms with Crippen LogP contribution in [0, 0.1) is 0 Å². The maximum Gasteiger partial charge on any atom is 0.387 e. The van der Waals surface area contributed by atoms with Crippen molar-refractivity contribution in [3.8, 4) is 11.5 Å². The van der Waals surface area contributed by atoms with Crippen LogP contribution in [0.2, 0.25) is 0 Å². The molecule has 2 aromatic carbocycles. The van der Waals surface area contributed by atoms with E-state index >= 15 is 0 Å². The van der Waals surface area contributed by atoms with Crippen molar-refractivity contribution in [1.29, 1.82) is 0 Å². The quantitative estimate of drug-likeness (QED) is 0.826. The van der Waals surface area contributed by atoms with E-state index in [4.69, 9.17) is 4.74 Å². The number of alkyl halides is 2. The molecule has 0 heterocycles. The lowest BCUT2D eigenvalue weighted by Gasteiger charge is -2.12. The van der Waals surface area contributed by atoms with Crippen LogP contribution in [-0.4, -0.2) is 19.1 Å². The molecule has 23 heavy (non-hydrogen) atoms. The van der Waals surface area contributed by atoms with E-state index in [9.17, 15) is 13.6 Å². The molecule has 0 aliphatic rings. The summed E-state index contributed by atoms with van der Waals surface area (Å²) >= 11 is 0. The molecule has 6 heteroatoms. The van der Waals surface area contributed by atoms with Gasteiger partial charge in [-0.1, -0.05) is 19.1 Å². The van der Waals surface area contributed by atoms with E-state index < -0.39 is 6.61 Å². The highest BCUT2D eigenvalue weighted by molar-refractivity contribution is 6.05. The lowest BCUT2D eigenvalue weighted by molar-refractivity contribution is -0.0498. The minimum absolute atomic E-state index is 0.00299. The van der Waals surface area contributed by atoms with Gasteiger partial charge in [-0.3, -0.25) is 4.79 Å². The summed E-state index contributed by atoms with van der Waals surface area (Å²) in [4.78, 5) is 12.2. The Morgan fingerprint density at radius 2 is 1.83 bits per heavy atom. The predicted molar refractivity (Wildman–Crippen MR) is 83.3 cm³/mol. The predicted octanol–water partition coefficient (Wildman–Crippen LogP) is 4.33.